The summed E-state index contributed by atoms with van der Waals surface area (Å²) in [5.41, 5.74) is -3.16. The van der Waals surface area contributed by atoms with Crippen LogP contribution in [-0.4, -0.2) is 32.0 Å². The predicted molar refractivity (Wildman–Crippen MR) is 75.9 cm³/mol. The SMILES string of the molecule is CCOc1nn(C(F)c2cc(C)c(F)c(F)c2C(=O)O)c(=O)n1C. The van der Waals surface area contributed by atoms with Crippen LogP contribution in [0.3, 0.4) is 0 Å². The summed E-state index contributed by atoms with van der Waals surface area (Å²) < 4.78 is 48.5. The molecule has 1 unspecified atom stereocenters. The van der Waals surface area contributed by atoms with Crippen molar-refractivity contribution in [3.05, 3.63) is 44.9 Å². The van der Waals surface area contributed by atoms with Crippen LogP contribution in [-0.2, 0) is 7.05 Å². The van der Waals surface area contributed by atoms with Gasteiger partial charge in [0, 0.05) is 12.6 Å². The van der Waals surface area contributed by atoms with Crippen molar-refractivity contribution in [3.8, 4) is 6.01 Å². The molecule has 0 fully saturated rings. The standard InChI is InChI=1S/C14H14F3N3O4/c1-4-24-13-18-20(14(23)19(13)3)11(17)7-5-6(2)9(15)10(16)8(7)12(21)22/h5,11H,4H2,1-3H3,(H,21,22). The number of carboxylic acids is 1. The van der Waals surface area contributed by atoms with Gasteiger partial charge in [-0.1, -0.05) is 0 Å². The molecule has 0 aliphatic heterocycles. The number of ether oxygens (including phenoxy) is 1. The van der Waals surface area contributed by atoms with E-state index in [2.05, 4.69) is 5.10 Å². The first-order valence-electron chi connectivity index (χ1n) is 6.84. The van der Waals surface area contributed by atoms with E-state index in [0.717, 1.165) is 17.6 Å². The summed E-state index contributed by atoms with van der Waals surface area (Å²) in [5, 5.41) is 12.7. The summed E-state index contributed by atoms with van der Waals surface area (Å²) in [6, 6.07) is 0.634. The van der Waals surface area contributed by atoms with Gasteiger partial charge in [-0.15, -0.1) is 5.10 Å². The molecule has 0 bridgehead atoms. The molecule has 1 atom stereocenters. The molecule has 2 aromatic rings. The van der Waals surface area contributed by atoms with E-state index in [-0.39, 0.29) is 18.2 Å². The fourth-order valence-corrected chi connectivity index (χ4v) is 2.16. The van der Waals surface area contributed by atoms with Crippen LogP contribution in [0.4, 0.5) is 13.2 Å². The third-order valence-electron chi connectivity index (χ3n) is 3.34. The molecule has 130 valence electrons. The fraction of sp³-hybridized carbons (Fsp3) is 0.357. The molecule has 1 aromatic carbocycles. The Morgan fingerprint density at radius 1 is 1.42 bits per heavy atom. The highest BCUT2D eigenvalue weighted by Gasteiger charge is 2.30. The summed E-state index contributed by atoms with van der Waals surface area (Å²) in [6.45, 7) is 2.93. The molecule has 1 N–H and O–H groups in total. The molecule has 0 spiro atoms. The van der Waals surface area contributed by atoms with E-state index < -0.39 is 40.7 Å². The van der Waals surface area contributed by atoms with E-state index in [0.29, 0.717) is 4.68 Å². The molecular weight excluding hydrogens is 331 g/mol. The predicted octanol–water partition coefficient (Wildman–Crippen LogP) is 1.78. The van der Waals surface area contributed by atoms with Gasteiger partial charge in [0.2, 0.25) is 6.30 Å². The van der Waals surface area contributed by atoms with Crippen LogP contribution >= 0.6 is 0 Å². The summed E-state index contributed by atoms with van der Waals surface area (Å²) in [6.07, 6.45) is -2.43. The highest BCUT2D eigenvalue weighted by Crippen LogP contribution is 2.28. The topological polar surface area (TPSA) is 86.4 Å². The van der Waals surface area contributed by atoms with E-state index in [1.54, 1.807) is 6.92 Å². The van der Waals surface area contributed by atoms with Crippen molar-refractivity contribution in [3.63, 3.8) is 0 Å². The second-order valence-corrected chi connectivity index (χ2v) is 4.93. The summed E-state index contributed by atoms with van der Waals surface area (Å²) in [7, 11) is 1.28. The fourth-order valence-electron chi connectivity index (χ4n) is 2.16. The number of carbonyl (C=O) groups is 1. The van der Waals surface area contributed by atoms with Gasteiger partial charge < -0.3 is 9.84 Å². The molecule has 0 amide bonds. The number of benzene rings is 1. The van der Waals surface area contributed by atoms with E-state index >= 15 is 0 Å². The van der Waals surface area contributed by atoms with Crippen LogP contribution in [0.5, 0.6) is 6.01 Å². The maximum absolute atomic E-state index is 14.8. The van der Waals surface area contributed by atoms with Gasteiger partial charge in [-0.05, 0) is 25.5 Å². The summed E-state index contributed by atoms with van der Waals surface area (Å²) in [5.74, 6) is -4.96. The van der Waals surface area contributed by atoms with Gasteiger partial charge in [-0.25, -0.2) is 27.3 Å². The maximum Gasteiger partial charge on any atom is 0.351 e. The Bertz CT molecular complexity index is 860. The largest absolute Gasteiger partial charge is 0.478 e. The van der Waals surface area contributed by atoms with Crippen molar-refractivity contribution in [1.82, 2.24) is 14.3 Å². The molecule has 0 aliphatic carbocycles. The van der Waals surface area contributed by atoms with Gasteiger partial charge in [0.1, 0.15) is 5.56 Å². The average molecular weight is 345 g/mol. The van der Waals surface area contributed by atoms with Crippen LogP contribution in [0, 0.1) is 18.6 Å². The van der Waals surface area contributed by atoms with Crippen molar-refractivity contribution in [2.75, 3.05) is 6.61 Å². The Morgan fingerprint density at radius 2 is 2.04 bits per heavy atom. The van der Waals surface area contributed by atoms with E-state index in [9.17, 15) is 22.8 Å². The van der Waals surface area contributed by atoms with E-state index in [1.807, 2.05) is 0 Å². The Balaban J connectivity index is 2.67. The zero-order chi connectivity index (χ0) is 18.2. The number of aromatic nitrogens is 3. The number of alkyl halides is 1. The second kappa shape index (κ2) is 6.38. The first-order chi connectivity index (χ1) is 11.2. The smallest absolute Gasteiger partial charge is 0.351 e. The highest BCUT2D eigenvalue weighted by molar-refractivity contribution is 5.90. The Kier molecular flexibility index (Phi) is 4.67. The number of halogens is 3. The summed E-state index contributed by atoms with van der Waals surface area (Å²) in [4.78, 5) is 23.2. The number of hydrogen-bond acceptors (Lipinski definition) is 4. The number of aryl methyl sites for hydroxylation is 1. The normalized spacial score (nSPS) is 12.2. The molecule has 1 heterocycles. The monoisotopic (exact) mass is 345 g/mol. The minimum atomic E-state index is -2.43. The summed E-state index contributed by atoms with van der Waals surface area (Å²) >= 11 is 0. The third kappa shape index (κ3) is 2.74. The maximum atomic E-state index is 14.8. The molecule has 10 heteroatoms. The molecule has 0 saturated carbocycles. The van der Waals surface area contributed by atoms with E-state index in [1.165, 1.54) is 7.05 Å². The quantitative estimate of drug-likeness (QED) is 0.893. The Hall–Kier alpha value is -2.78. The van der Waals surface area contributed by atoms with Crippen molar-refractivity contribution in [2.24, 2.45) is 7.05 Å². The highest BCUT2D eigenvalue weighted by atomic mass is 19.2. The molecular formula is C14H14F3N3O4. The number of hydrogen-bond donors (Lipinski definition) is 1. The molecule has 24 heavy (non-hydrogen) atoms. The molecule has 2 rings (SSSR count). The van der Waals surface area contributed by atoms with Crippen molar-refractivity contribution in [2.45, 2.75) is 20.1 Å². The van der Waals surface area contributed by atoms with Gasteiger partial charge >= 0.3 is 17.7 Å². The van der Waals surface area contributed by atoms with Crippen molar-refractivity contribution >= 4 is 5.97 Å². The average Bonchev–Trinajstić information content (AvgIpc) is 2.80. The molecule has 0 aliphatic rings. The van der Waals surface area contributed by atoms with Crippen LogP contribution in [0.2, 0.25) is 0 Å². The minimum Gasteiger partial charge on any atom is -0.478 e. The van der Waals surface area contributed by atoms with Crippen LogP contribution < -0.4 is 10.4 Å². The van der Waals surface area contributed by atoms with Gasteiger partial charge in [0.25, 0.3) is 0 Å². The van der Waals surface area contributed by atoms with Crippen molar-refractivity contribution in [1.29, 1.82) is 0 Å². The van der Waals surface area contributed by atoms with Crippen LogP contribution in [0.25, 0.3) is 0 Å². The van der Waals surface area contributed by atoms with Gasteiger partial charge in [0.15, 0.2) is 11.6 Å². The lowest BCUT2D eigenvalue weighted by molar-refractivity contribution is 0.0685. The third-order valence-corrected chi connectivity index (χ3v) is 3.34. The van der Waals surface area contributed by atoms with Gasteiger partial charge in [-0.3, -0.25) is 0 Å². The molecule has 7 nitrogen and oxygen atoms in total. The molecule has 0 saturated heterocycles. The lowest BCUT2D eigenvalue weighted by atomic mass is 10.0. The first-order valence-corrected chi connectivity index (χ1v) is 6.84. The lowest BCUT2D eigenvalue weighted by Crippen LogP contribution is -2.27. The van der Waals surface area contributed by atoms with Gasteiger partial charge in [-0.2, -0.15) is 4.68 Å². The molecule has 0 radical (unpaired) electrons. The Morgan fingerprint density at radius 3 is 2.58 bits per heavy atom. The Labute approximate surface area is 133 Å². The second-order valence-electron chi connectivity index (χ2n) is 4.93. The first kappa shape index (κ1) is 17.6. The van der Waals surface area contributed by atoms with Crippen molar-refractivity contribution < 1.29 is 27.8 Å². The zero-order valence-electron chi connectivity index (χ0n) is 13.0. The van der Waals surface area contributed by atoms with Gasteiger partial charge in [0.05, 0.1) is 6.61 Å². The minimum absolute atomic E-state index is 0.159. The number of carboxylic acid groups (broad SMARTS) is 1. The number of nitrogens with zero attached hydrogens (tertiary/aromatic N) is 3. The zero-order valence-corrected chi connectivity index (χ0v) is 13.0. The molecule has 1 aromatic heterocycles. The van der Waals surface area contributed by atoms with Crippen LogP contribution in [0.15, 0.2) is 10.9 Å². The number of aromatic carboxylic acids is 1. The van der Waals surface area contributed by atoms with Crippen LogP contribution in [0.1, 0.15) is 34.7 Å². The number of rotatable bonds is 5. The lowest BCUT2D eigenvalue weighted by Gasteiger charge is -2.13. The van der Waals surface area contributed by atoms with E-state index in [4.69, 9.17) is 9.84 Å².